The minimum absolute atomic E-state index is 0.0875. The maximum absolute atomic E-state index is 11.9. The second kappa shape index (κ2) is 12.6. The van der Waals surface area contributed by atoms with Gasteiger partial charge in [0, 0.05) is 12.8 Å². The molecule has 0 heterocycles. The molecule has 0 radical (unpaired) electrons. The number of carbonyl (C=O) groups is 1. The van der Waals surface area contributed by atoms with Crippen molar-refractivity contribution in [2.75, 3.05) is 0 Å². The number of hydrogen-bond donors (Lipinski definition) is 1. The zero-order valence-corrected chi connectivity index (χ0v) is 19.3. The van der Waals surface area contributed by atoms with Crippen molar-refractivity contribution in [1.82, 2.24) is 0 Å². The fourth-order valence-electron chi connectivity index (χ4n) is 3.39. The van der Waals surface area contributed by atoms with E-state index >= 15 is 0 Å². The van der Waals surface area contributed by atoms with Crippen LogP contribution < -0.4 is 0 Å². The first kappa shape index (κ1) is 25.2. The van der Waals surface area contributed by atoms with E-state index in [0.29, 0.717) is 18.6 Å². The van der Waals surface area contributed by atoms with E-state index in [1.165, 1.54) is 16.7 Å². The van der Waals surface area contributed by atoms with E-state index < -0.39 is 0 Å². The molecule has 0 aromatic carbocycles. The molecule has 0 amide bonds. The number of aliphatic hydroxyl groups is 1. The Morgan fingerprint density at radius 3 is 1.93 bits per heavy atom. The number of ketones is 1. The smallest absolute Gasteiger partial charge is 0.137 e. The average molecular weight is 405 g/mol. The van der Waals surface area contributed by atoms with Crippen LogP contribution in [0.1, 0.15) is 54.4 Å². The Balaban J connectivity index is 2.70. The third-order valence-electron chi connectivity index (χ3n) is 4.91. The molecule has 0 aromatic rings. The Bertz CT molecular complexity index is 876. The number of allylic oxidation sites excluding steroid dienone is 17. The average Bonchev–Trinajstić information content (AvgIpc) is 2.64. The molecule has 1 rings (SSSR count). The van der Waals surface area contributed by atoms with E-state index in [0.717, 1.165) is 17.4 Å². The summed E-state index contributed by atoms with van der Waals surface area (Å²) < 4.78 is 0. The molecule has 0 aromatic heterocycles. The molecule has 0 fully saturated rings. The van der Waals surface area contributed by atoms with Crippen molar-refractivity contribution in [3.63, 3.8) is 0 Å². The van der Waals surface area contributed by atoms with Crippen molar-refractivity contribution in [2.45, 2.75) is 54.4 Å². The fourth-order valence-corrected chi connectivity index (χ4v) is 3.39. The predicted molar refractivity (Wildman–Crippen MR) is 130 cm³/mol. The maximum Gasteiger partial charge on any atom is 0.137 e. The topological polar surface area (TPSA) is 37.3 Å². The van der Waals surface area contributed by atoms with Gasteiger partial charge in [0.1, 0.15) is 5.78 Å². The van der Waals surface area contributed by atoms with Gasteiger partial charge in [-0.2, -0.15) is 0 Å². The van der Waals surface area contributed by atoms with Crippen LogP contribution in [-0.2, 0) is 4.79 Å². The second-order valence-electron chi connectivity index (χ2n) is 8.48. The normalized spacial score (nSPS) is 19.7. The van der Waals surface area contributed by atoms with Gasteiger partial charge in [-0.3, -0.25) is 4.79 Å². The largest absolute Gasteiger partial charge is 0.516 e. The fraction of sp³-hybridized carbons (Fsp3) is 0.321. The van der Waals surface area contributed by atoms with Crippen LogP contribution in [0.3, 0.4) is 0 Å². The molecule has 0 saturated heterocycles. The zero-order valence-electron chi connectivity index (χ0n) is 19.3. The highest BCUT2D eigenvalue weighted by molar-refractivity contribution is 5.84. The number of hydrogen-bond acceptors (Lipinski definition) is 2. The predicted octanol–water partition coefficient (Wildman–Crippen LogP) is 7.83. The summed E-state index contributed by atoms with van der Waals surface area (Å²) in [5, 5.41) is 8.59. The quantitative estimate of drug-likeness (QED) is 0.330. The molecule has 1 aliphatic carbocycles. The van der Waals surface area contributed by atoms with Crippen LogP contribution in [0.15, 0.2) is 107 Å². The lowest BCUT2D eigenvalue weighted by Gasteiger charge is -2.32. The van der Waals surface area contributed by atoms with Gasteiger partial charge < -0.3 is 5.11 Å². The van der Waals surface area contributed by atoms with Crippen molar-refractivity contribution >= 4 is 5.78 Å². The Kier molecular flexibility index (Phi) is 10.6. The summed E-state index contributed by atoms with van der Waals surface area (Å²) in [6, 6.07) is 0. The lowest BCUT2D eigenvalue weighted by atomic mass is 9.72. The van der Waals surface area contributed by atoms with Crippen LogP contribution in [0, 0.1) is 5.41 Å². The maximum atomic E-state index is 11.9. The molecule has 0 aliphatic heterocycles. The van der Waals surface area contributed by atoms with Gasteiger partial charge in [0.05, 0.1) is 6.26 Å². The SMILES string of the molecule is CC1=C(/C=C/C(C)=C/C=C/C(C)=C/C=C/C=C(C)/C=C/C=C/O)C(C)(C)CC(=O)C1. The van der Waals surface area contributed by atoms with E-state index in [2.05, 4.69) is 71.1 Å². The molecule has 0 atom stereocenters. The van der Waals surface area contributed by atoms with Crippen LogP contribution >= 0.6 is 0 Å². The summed E-state index contributed by atoms with van der Waals surface area (Å²) in [4.78, 5) is 11.9. The Hall–Kier alpha value is -2.87. The highest BCUT2D eigenvalue weighted by Crippen LogP contribution is 2.39. The monoisotopic (exact) mass is 404 g/mol. The minimum Gasteiger partial charge on any atom is -0.516 e. The van der Waals surface area contributed by atoms with Gasteiger partial charge in [0.15, 0.2) is 0 Å². The van der Waals surface area contributed by atoms with Crippen LogP contribution in [0.2, 0.25) is 0 Å². The van der Waals surface area contributed by atoms with Gasteiger partial charge in [0.2, 0.25) is 0 Å². The summed E-state index contributed by atoms with van der Waals surface area (Å²) in [5.41, 5.74) is 5.82. The molecule has 0 unspecified atom stereocenters. The van der Waals surface area contributed by atoms with Gasteiger partial charge in [-0.1, -0.05) is 103 Å². The molecule has 30 heavy (non-hydrogen) atoms. The van der Waals surface area contributed by atoms with E-state index in [1.807, 2.05) is 31.2 Å². The molecule has 0 saturated carbocycles. The summed E-state index contributed by atoms with van der Waals surface area (Å²) in [6.45, 7) is 12.5. The third kappa shape index (κ3) is 9.56. The lowest BCUT2D eigenvalue weighted by molar-refractivity contribution is -0.120. The first-order valence-electron chi connectivity index (χ1n) is 10.4. The second-order valence-corrected chi connectivity index (χ2v) is 8.48. The first-order valence-corrected chi connectivity index (χ1v) is 10.4. The Labute approximate surface area is 182 Å². The first-order chi connectivity index (χ1) is 14.2. The summed E-state index contributed by atoms with van der Waals surface area (Å²) in [7, 11) is 0. The van der Waals surface area contributed by atoms with E-state index in [-0.39, 0.29) is 5.41 Å². The minimum atomic E-state index is -0.0875. The Morgan fingerprint density at radius 2 is 1.37 bits per heavy atom. The number of aliphatic hydroxyl groups excluding tert-OH is 1. The van der Waals surface area contributed by atoms with Gasteiger partial charge >= 0.3 is 0 Å². The molecule has 2 nitrogen and oxygen atoms in total. The Morgan fingerprint density at radius 1 is 0.833 bits per heavy atom. The van der Waals surface area contributed by atoms with E-state index in [9.17, 15) is 4.79 Å². The molecule has 2 heteroatoms. The molecular formula is C28H36O2. The summed E-state index contributed by atoms with van der Waals surface area (Å²) in [5.74, 6) is 0.335. The summed E-state index contributed by atoms with van der Waals surface area (Å²) >= 11 is 0. The summed E-state index contributed by atoms with van der Waals surface area (Å²) in [6.07, 6.45) is 26.1. The van der Waals surface area contributed by atoms with Crippen molar-refractivity contribution < 1.29 is 9.90 Å². The highest BCUT2D eigenvalue weighted by Gasteiger charge is 2.30. The molecular weight excluding hydrogens is 368 g/mol. The standard InChI is InChI=1S/C28H36O2/c1-22(14-9-10-19-29)12-7-8-13-23(2)15-11-16-24(3)17-18-27-25(4)20-26(30)21-28(27,5)6/h7-19,29H,20-21H2,1-6H3/b8-7+,14-9+,15-11+,18-17+,19-10+,22-12+,23-13+,24-16+. The molecule has 1 N–H and O–H groups in total. The number of carbonyl (C=O) groups excluding carboxylic acids is 1. The van der Waals surface area contributed by atoms with Gasteiger partial charge in [-0.05, 0) is 44.8 Å². The van der Waals surface area contributed by atoms with Crippen molar-refractivity contribution in [1.29, 1.82) is 0 Å². The third-order valence-corrected chi connectivity index (χ3v) is 4.91. The van der Waals surface area contributed by atoms with Crippen molar-refractivity contribution in [3.05, 3.63) is 107 Å². The van der Waals surface area contributed by atoms with E-state index in [4.69, 9.17) is 5.11 Å². The van der Waals surface area contributed by atoms with Crippen LogP contribution in [-0.4, -0.2) is 10.9 Å². The van der Waals surface area contributed by atoms with Crippen LogP contribution in [0.4, 0.5) is 0 Å². The molecule has 0 bridgehead atoms. The molecule has 0 spiro atoms. The number of Topliss-reactive ketones (excluding diaryl/α,β-unsaturated/α-hetero) is 1. The zero-order chi connectivity index (χ0) is 22.6. The molecule has 160 valence electrons. The lowest BCUT2D eigenvalue weighted by Crippen LogP contribution is -2.25. The van der Waals surface area contributed by atoms with Crippen LogP contribution in [0.25, 0.3) is 0 Å². The van der Waals surface area contributed by atoms with Crippen molar-refractivity contribution in [3.8, 4) is 0 Å². The van der Waals surface area contributed by atoms with Crippen LogP contribution in [0.5, 0.6) is 0 Å². The van der Waals surface area contributed by atoms with Gasteiger partial charge in [-0.15, -0.1) is 0 Å². The molecule has 1 aliphatic rings. The highest BCUT2D eigenvalue weighted by atomic mass is 16.2. The van der Waals surface area contributed by atoms with Gasteiger partial charge in [-0.25, -0.2) is 0 Å². The van der Waals surface area contributed by atoms with Gasteiger partial charge in [0.25, 0.3) is 0 Å². The van der Waals surface area contributed by atoms with E-state index in [1.54, 1.807) is 12.2 Å². The number of rotatable bonds is 8. The van der Waals surface area contributed by atoms with Crippen molar-refractivity contribution in [2.24, 2.45) is 5.41 Å².